The number of hydrogen-bond donors (Lipinski definition) is 0. The summed E-state index contributed by atoms with van der Waals surface area (Å²) in [5, 5.41) is 0. The van der Waals surface area contributed by atoms with Crippen molar-refractivity contribution in [2.45, 2.75) is 76.2 Å². The highest BCUT2D eigenvalue weighted by Gasteiger charge is 2.44. The Morgan fingerprint density at radius 3 is 2.44 bits per heavy atom. The van der Waals surface area contributed by atoms with Gasteiger partial charge in [0, 0.05) is 31.6 Å². The summed E-state index contributed by atoms with van der Waals surface area (Å²) in [6.45, 7) is 10.1. The fourth-order valence-electron chi connectivity index (χ4n) is 5.52. The summed E-state index contributed by atoms with van der Waals surface area (Å²) in [7, 11) is 0. The molecule has 0 aromatic rings. The van der Waals surface area contributed by atoms with Crippen molar-refractivity contribution in [2.24, 2.45) is 11.8 Å². The SMILES string of the molecule is C=CCC1(CC=C)CCCN1C(=O)C1CCC(=O)N(CC2CCCCC2)C1. The third-order valence-electron chi connectivity index (χ3n) is 6.96. The van der Waals surface area contributed by atoms with Crippen LogP contribution in [0.15, 0.2) is 25.3 Å². The summed E-state index contributed by atoms with van der Waals surface area (Å²) in [5.41, 5.74) is -0.143. The minimum Gasteiger partial charge on any atom is -0.342 e. The van der Waals surface area contributed by atoms with Crippen LogP contribution in [0.2, 0.25) is 0 Å². The molecule has 150 valence electrons. The Kier molecular flexibility index (Phi) is 6.78. The molecule has 0 radical (unpaired) electrons. The van der Waals surface area contributed by atoms with Crippen LogP contribution >= 0.6 is 0 Å². The quantitative estimate of drug-likeness (QED) is 0.625. The van der Waals surface area contributed by atoms with Crippen LogP contribution in [0, 0.1) is 11.8 Å². The molecular formula is C23H36N2O2. The smallest absolute Gasteiger partial charge is 0.227 e. The lowest BCUT2D eigenvalue weighted by molar-refractivity contribution is -0.146. The maximum Gasteiger partial charge on any atom is 0.227 e. The molecule has 0 N–H and O–H groups in total. The Hall–Kier alpha value is -1.58. The van der Waals surface area contributed by atoms with Gasteiger partial charge < -0.3 is 9.80 Å². The molecule has 2 aliphatic heterocycles. The van der Waals surface area contributed by atoms with E-state index in [0.29, 0.717) is 25.3 Å². The normalized spacial score (nSPS) is 26.2. The van der Waals surface area contributed by atoms with Crippen LogP contribution < -0.4 is 0 Å². The maximum atomic E-state index is 13.4. The molecule has 2 amide bonds. The Balaban J connectivity index is 1.67. The fraction of sp³-hybridized carbons (Fsp3) is 0.739. The monoisotopic (exact) mass is 372 g/mol. The third-order valence-corrected chi connectivity index (χ3v) is 6.96. The molecule has 1 atom stereocenters. The molecule has 3 aliphatic rings. The van der Waals surface area contributed by atoms with Gasteiger partial charge in [-0.1, -0.05) is 31.4 Å². The first kappa shape index (κ1) is 20.2. The first-order valence-corrected chi connectivity index (χ1v) is 10.9. The van der Waals surface area contributed by atoms with E-state index in [0.717, 1.165) is 38.8 Å². The molecule has 0 spiro atoms. The summed E-state index contributed by atoms with van der Waals surface area (Å²) < 4.78 is 0. The van der Waals surface area contributed by atoms with Crippen molar-refractivity contribution in [3.05, 3.63) is 25.3 Å². The molecule has 1 aliphatic carbocycles. The van der Waals surface area contributed by atoms with Gasteiger partial charge in [0.1, 0.15) is 0 Å². The lowest BCUT2D eigenvalue weighted by Crippen LogP contribution is -2.53. The first-order valence-electron chi connectivity index (χ1n) is 10.9. The van der Waals surface area contributed by atoms with E-state index >= 15 is 0 Å². The highest BCUT2D eigenvalue weighted by molar-refractivity contribution is 5.84. The van der Waals surface area contributed by atoms with Crippen molar-refractivity contribution in [3.63, 3.8) is 0 Å². The summed E-state index contributed by atoms with van der Waals surface area (Å²) in [6, 6.07) is 0. The van der Waals surface area contributed by atoms with Crippen LogP contribution in [0.3, 0.4) is 0 Å². The minimum atomic E-state index is -0.143. The molecule has 3 fully saturated rings. The van der Waals surface area contributed by atoms with Gasteiger partial charge in [-0.05, 0) is 50.9 Å². The van der Waals surface area contributed by atoms with Gasteiger partial charge in [0.15, 0.2) is 0 Å². The van der Waals surface area contributed by atoms with E-state index in [4.69, 9.17) is 0 Å². The van der Waals surface area contributed by atoms with Crippen LogP contribution in [0.4, 0.5) is 0 Å². The number of hydrogen-bond acceptors (Lipinski definition) is 2. The molecule has 3 rings (SSSR count). The molecule has 2 heterocycles. The Bertz CT molecular complexity index is 555. The zero-order valence-electron chi connectivity index (χ0n) is 16.8. The van der Waals surface area contributed by atoms with Gasteiger partial charge in [0.2, 0.25) is 11.8 Å². The standard InChI is InChI=1S/C23H36N2O2/c1-3-13-23(14-4-2)15-8-16-25(23)22(27)20-11-12-21(26)24(18-20)17-19-9-6-5-7-10-19/h3-4,19-20H,1-2,5-18H2. The average Bonchev–Trinajstić information content (AvgIpc) is 3.07. The Morgan fingerprint density at radius 2 is 1.78 bits per heavy atom. The number of nitrogens with zero attached hydrogens (tertiary/aromatic N) is 2. The van der Waals surface area contributed by atoms with Crippen molar-refractivity contribution in [2.75, 3.05) is 19.6 Å². The molecule has 0 aromatic heterocycles. The maximum absolute atomic E-state index is 13.4. The predicted octanol–water partition coefficient (Wildman–Crippen LogP) is 4.32. The van der Waals surface area contributed by atoms with Gasteiger partial charge >= 0.3 is 0 Å². The van der Waals surface area contributed by atoms with E-state index in [1.165, 1.54) is 32.1 Å². The highest BCUT2D eigenvalue weighted by Crippen LogP contribution is 2.38. The second-order valence-corrected chi connectivity index (χ2v) is 8.84. The highest BCUT2D eigenvalue weighted by atomic mass is 16.2. The van der Waals surface area contributed by atoms with Crippen LogP contribution in [0.1, 0.15) is 70.6 Å². The van der Waals surface area contributed by atoms with E-state index in [2.05, 4.69) is 18.1 Å². The van der Waals surface area contributed by atoms with E-state index in [9.17, 15) is 9.59 Å². The van der Waals surface area contributed by atoms with Crippen molar-refractivity contribution in [1.82, 2.24) is 9.80 Å². The Morgan fingerprint density at radius 1 is 1.07 bits per heavy atom. The molecular weight excluding hydrogens is 336 g/mol. The lowest BCUT2D eigenvalue weighted by atomic mass is 9.85. The van der Waals surface area contributed by atoms with Crippen LogP contribution in [0.5, 0.6) is 0 Å². The van der Waals surface area contributed by atoms with E-state index in [1.807, 2.05) is 17.1 Å². The molecule has 27 heavy (non-hydrogen) atoms. The molecule has 4 nitrogen and oxygen atoms in total. The number of carbonyl (C=O) groups excluding carboxylic acids is 2. The molecule has 1 saturated carbocycles. The summed E-state index contributed by atoms with van der Waals surface area (Å²) in [5.74, 6) is 1.08. The average molecular weight is 373 g/mol. The molecule has 0 aromatic carbocycles. The lowest BCUT2D eigenvalue weighted by Gasteiger charge is -2.42. The number of likely N-dealkylation sites (tertiary alicyclic amines) is 2. The van der Waals surface area contributed by atoms with Crippen molar-refractivity contribution >= 4 is 11.8 Å². The van der Waals surface area contributed by atoms with Crippen molar-refractivity contribution in [3.8, 4) is 0 Å². The third kappa shape index (κ3) is 4.47. The predicted molar refractivity (Wildman–Crippen MR) is 109 cm³/mol. The number of rotatable bonds is 7. The van der Waals surface area contributed by atoms with Crippen LogP contribution in [-0.2, 0) is 9.59 Å². The molecule has 2 saturated heterocycles. The topological polar surface area (TPSA) is 40.6 Å². The molecule has 1 unspecified atom stereocenters. The fourth-order valence-corrected chi connectivity index (χ4v) is 5.52. The second kappa shape index (κ2) is 9.07. The number of piperidine rings is 1. The van der Waals surface area contributed by atoms with E-state index in [1.54, 1.807) is 0 Å². The van der Waals surface area contributed by atoms with Gasteiger partial charge in [0.05, 0.1) is 5.92 Å². The largest absolute Gasteiger partial charge is 0.342 e. The van der Waals surface area contributed by atoms with E-state index in [-0.39, 0.29) is 23.3 Å². The van der Waals surface area contributed by atoms with Crippen LogP contribution in [-0.4, -0.2) is 46.8 Å². The zero-order chi connectivity index (χ0) is 19.3. The van der Waals surface area contributed by atoms with Gasteiger partial charge in [-0.3, -0.25) is 9.59 Å². The summed E-state index contributed by atoms with van der Waals surface area (Å²) in [4.78, 5) is 30.0. The molecule has 0 bridgehead atoms. The molecule has 4 heteroatoms. The summed E-state index contributed by atoms with van der Waals surface area (Å²) >= 11 is 0. The minimum absolute atomic E-state index is 0.0432. The Labute approximate surface area is 164 Å². The first-order chi connectivity index (χ1) is 13.1. The van der Waals surface area contributed by atoms with Crippen molar-refractivity contribution in [1.29, 1.82) is 0 Å². The summed E-state index contributed by atoms with van der Waals surface area (Å²) in [6.07, 6.45) is 15.2. The van der Waals surface area contributed by atoms with Gasteiger partial charge in [-0.25, -0.2) is 0 Å². The van der Waals surface area contributed by atoms with Crippen LogP contribution in [0.25, 0.3) is 0 Å². The number of carbonyl (C=O) groups is 2. The van der Waals surface area contributed by atoms with Gasteiger partial charge in [-0.2, -0.15) is 0 Å². The van der Waals surface area contributed by atoms with Crippen molar-refractivity contribution < 1.29 is 9.59 Å². The van der Waals surface area contributed by atoms with E-state index < -0.39 is 0 Å². The number of amides is 2. The van der Waals surface area contributed by atoms with Gasteiger partial charge in [-0.15, -0.1) is 13.2 Å². The second-order valence-electron chi connectivity index (χ2n) is 8.84. The zero-order valence-corrected chi connectivity index (χ0v) is 16.8. The van der Waals surface area contributed by atoms with Gasteiger partial charge in [0.25, 0.3) is 0 Å².